The van der Waals surface area contributed by atoms with Gasteiger partial charge in [-0.25, -0.2) is 4.79 Å². The number of benzene rings is 1. The average Bonchev–Trinajstić information content (AvgIpc) is 2.59. The second-order valence-electron chi connectivity index (χ2n) is 6.11. The Balaban J connectivity index is 2.22. The van der Waals surface area contributed by atoms with Gasteiger partial charge in [-0.2, -0.15) is 0 Å². The lowest BCUT2D eigenvalue weighted by molar-refractivity contribution is -0.167. The minimum atomic E-state index is -1.18. The van der Waals surface area contributed by atoms with E-state index in [9.17, 15) is 9.59 Å². The molecule has 0 spiro atoms. The summed E-state index contributed by atoms with van der Waals surface area (Å²) in [5.74, 6) is 0.0975. The third-order valence-corrected chi connectivity index (χ3v) is 3.81. The smallest absolute Gasteiger partial charge is 0.352 e. The molecule has 0 saturated heterocycles. The fraction of sp³-hybridized carbons (Fsp3) is 0.500. The van der Waals surface area contributed by atoms with Gasteiger partial charge in [-0.3, -0.25) is 4.79 Å². The molecule has 0 aromatic heterocycles. The topological polar surface area (TPSA) is 77.4 Å². The molecule has 0 bridgehead atoms. The van der Waals surface area contributed by atoms with Crippen LogP contribution in [0.1, 0.15) is 40.2 Å². The summed E-state index contributed by atoms with van der Waals surface area (Å²) in [7, 11) is 0. The molecule has 0 N–H and O–H groups in total. The third kappa shape index (κ3) is 4.10. The number of esters is 1. The van der Waals surface area contributed by atoms with Gasteiger partial charge in [0.25, 0.3) is 5.91 Å². The first-order valence-electron chi connectivity index (χ1n) is 8.27. The van der Waals surface area contributed by atoms with E-state index in [1.807, 2.05) is 19.1 Å². The van der Waals surface area contributed by atoms with Crippen molar-refractivity contribution >= 4 is 23.3 Å². The molecule has 136 valence electrons. The van der Waals surface area contributed by atoms with Crippen LogP contribution in [0, 0.1) is 0 Å². The van der Waals surface area contributed by atoms with Gasteiger partial charge in [0.05, 0.1) is 18.0 Å². The molecule has 0 aliphatic carbocycles. The van der Waals surface area contributed by atoms with E-state index in [2.05, 4.69) is 5.16 Å². The lowest BCUT2D eigenvalue weighted by atomic mass is 10.1. The molecule has 1 aliphatic heterocycles. The molecule has 7 nitrogen and oxygen atoms in total. The molecule has 1 amide bonds. The Morgan fingerprint density at radius 1 is 1.36 bits per heavy atom. The van der Waals surface area contributed by atoms with Crippen molar-refractivity contribution in [1.29, 1.82) is 0 Å². The highest BCUT2D eigenvalue weighted by Crippen LogP contribution is 2.33. The van der Waals surface area contributed by atoms with Gasteiger partial charge >= 0.3 is 5.97 Å². The number of amides is 1. The standard InChI is InChI=1S/C18H24N2O5/c1-6-20-14-10-13(8-9-15(14)24-11-16(20)21)12(3)19-25-18(4,5)17(22)23-7-2/h8-10H,6-7,11H2,1-5H3/b19-12-. The van der Waals surface area contributed by atoms with E-state index in [4.69, 9.17) is 14.3 Å². The van der Waals surface area contributed by atoms with E-state index in [0.717, 1.165) is 5.56 Å². The number of hydrogen-bond acceptors (Lipinski definition) is 6. The van der Waals surface area contributed by atoms with Crippen LogP contribution in [0.15, 0.2) is 23.4 Å². The van der Waals surface area contributed by atoms with Crippen LogP contribution in [-0.2, 0) is 19.2 Å². The minimum absolute atomic E-state index is 0.0457. The third-order valence-electron chi connectivity index (χ3n) is 3.81. The maximum Gasteiger partial charge on any atom is 0.352 e. The molecule has 0 unspecified atom stereocenters. The number of carbonyl (C=O) groups is 2. The van der Waals surface area contributed by atoms with Gasteiger partial charge in [-0.15, -0.1) is 0 Å². The summed E-state index contributed by atoms with van der Waals surface area (Å²) in [5, 5.41) is 4.06. The molecule has 2 rings (SSSR count). The molecule has 25 heavy (non-hydrogen) atoms. The number of rotatable bonds is 6. The SMILES string of the molecule is CCOC(=O)C(C)(C)O/N=C(/C)c1ccc2c(c1)N(CC)C(=O)CO2. The highest BCUT2D eigenvalue weighted by molar-refractivity contribution is 6.03. The van der Waals surface area contributed by atoms with Crippen LogP contribution in [0.2, 0.25) is 0 Å². The van der Waals surface area contributed by atoms with Gasteiger partial charge in [0.2, 0.25) is 5.60 Å². The normalized spacial score (nSPS) is 14.7. The Labute approximate surface area is 147 Å². The van der Waals surface area contributed by atoms with Crippen LogP contribution in [0.25, 0.3) is 0 Å². The van der Waals surface area contributed by atoms with E-state index >= 15 is 0 Å². The predicted molar refractivity (Wildman–Crippen MR) is 94.0 cm³/mol. The molecule has 0 saturated carbocycles. The monoisotopic (exact) mass is 348 g/mol. The van der Waals surface area contributed by atoms with Crippen molar-refractivity contribution in [3.8, 4) is 5.75 Å². The molecule has 0 atom stereocenters. The summed E-state index contributed by atoms with van der Waals surface area (Å²) in [6.07, 6.45) is 0. The molecule has 0 fully saturated rings. The van der Waals surface area contributed by atoms with E-state index in [1.165, 1.54) is 0 Å². The number of ether oxygens (including phenoxy) is 2. The molecule has 1 aromatic rings. The summed E-state index contributed by atoms with van der Waals surface area (Å²) in [6.45, 7) is 9.49. The first kappa shape index (κ1) is 18.8. The molecule has 0 radical (unpaired) electrons. The van der Waals surface area contributed by atoms with Crippen LogP contribution in [0.3, 0.4) is 0 Å². The second kappa shape index (κ2) is 7.55. The Morgan fingerprint density at radius 2 is 2.08 bits per heavy atom. The number of likely N-dealkylation sites (N-methyl/N-ethyl adjacent to an activating group) is 1. The van der Waals surface area contributed by atoms with Crippen LogP contribution in [0.4, 0.5) is 5.69 Å². The second-order valence-corrected chi connectivity index (χ2v) is 6.11. The zero-order valence-electron chi connectivity index (χ0n) is 15.3. The van der Waals surface area contributed by atoms with Crippen LogP contribution in [0.5, 0.6) is 5.75 Å². The van der Waals surface area contributed by atoms with Gasteiger partial charge in [0.1, 0.15) is 5.75 Å². The summed E-state index contributed by atoms with van der Waals surface area (Å²) in [4.78, 5) is 30.8. The molecular weight excluding hydrogens is 324 g/mol. The minimum Gasteiger partial charge on any atom is -0.482 e. The molecule has 1 heterocycles. The van der Waals surface area contributed by atoms with Crippen molar-refractivity contribution in [2.24, 2.45) is 5.16 Å². The first-order chi connectivity index (χ1) is 11.8. The van der Waals surface area contributed by atoms with Crippen molar-refractivity contribution in [2.75, 3.05) is 24.7 Å². The summed E-state index contributed by atoms with van der Waals surface area (Å²) in [6, 6.07) is 5.47. The van der Waals surface area contributed by atoms with Crippen LogP contribution >= 0.6 is 0 Å². The number of oxime groups is 1. The average molecular weight is 348 g/mol. The lowest BCUT2D eigenvalue weighted by Gasteiger charge is -2.28. The van der Waals surface area contributed by atoms with Gasteiger partial charge in [-0.05, 0) is 52.8 Å². The zero-order chi connectivity index (χ0) is 18.6. The van der Waals surface area contributed by atoms with E-state index in [0.29, 0.717) is 23.7 Å². The largest absolute Gasteiger partial charge is 0.482 e. The fourth-order valence-corrected chi connectivity index (χ4v) is 2.35. The molecular formula is C18H24N2O5. The highest BCUT2D eigenvalue weighted by atomic mass is 16.7. The van der Waals surface area contributed by atoms with Crippen molar-refractivity contribution in [3.63, 3.8) is 0 Å². The molecule has 1 aliphatic rings. The van der Waals surface area contributed by atoms with Crippen molar-refractivity contribution in [2.45, 2.75) is 40.2 Å². The Bertz CT molecular complexity index is 697. The summed E-state index contributed by atoms with van der Waals surface area (Å²) >= 11 is 0. The van der Waals surface area contributed by atoms with Crippen LogP contribution < -0.4 is 9.64 Å². The van der Waals surface area contributed by atoms with E-state index in [1.54, 1.807) is 38.7 Å². The van der Waals surface area contributed by atoms with Gasteiger partial charge in [0.15, 0.2) is 6.61 Å². The maximum absolute atomic E-state index is 12.0. The highest BCUT2D eigenvalue weighted by Gasteiger charge is 2.32. The Kier molecular flexibility index (Phi) is 5.66. The number of carbonyl (C=O) groups excluding carboxylic acids is 2. The fourth-order valence-electron chi connectivity index (χ4n) is 2.35. The number of nitrogens with zero attached hydrogens (tertiary/aromatic N) is 2. The lowest BCUT2D eigenvalue weighted by Crippen LogP contribution is -2.38. The number of anilines is 1. The Morgan fingerprint density at radius 3 is 2.72 bits per heavy atom. The van der Waals surface area contributed by atoms with Gasteiger partial charge in [0, 0.05) is 12.1 Å². The van der Waals surface area contributed by atoms with E-state index in [-0.39, 0.29) is 19.1 Å². The van der Waals surface area contributed by atoms with Crippen molar-refractivity contribution in [1.82, 2.24) is 0 Å². The summed E-state index contributed by atoms with van der Waals surface area (Å²) < 4.78 is 10.4. The predicted octanol–water partition coefficient (Wildman–Crippen LogP) is 2.51. The summed E-state index contributed by atoms with van der Waals surface area (Å²) in [5.41, 5.74) is 0.875. The number of fused-ring (bicyclic) bond motifs is 1. The first-order valence-corrected chi connectivity index (χ1v) is 8.27. The molecule has 7 heteroatoms. The van der Waals surface area contributed by atoms with Gasteiger partial charge < -0.3 is 19.2 Å². The maximum atomic E-state index is 12.0. The number of hydrogen-bond donors (Lipinski definition) is 0. The Hall–Kier alpha value is -2.57. The zero-order valence-corrected chi connectivity index (χ0v) is 15.3. The quantitative estimate of drug-likeness (QED) is 0.448. The van der Waals surface area contributed by atoms with Gasteiger partial charge in [-0.1, -0.05) is 5.16 Å². The van der Waals surface area contributed by atoms with Crippen molar-refractivity contribution in [3.05, 3.63) is 23.8 Å². The van der Waals surface area contributed by atoms with Crippen molar-refractivity contribution < 1.29 is 23.9 Å². The van der Waals surface area contributed by atoms with Crippen LogP contribution in [-0.4, -0.2) is 42.9 Å². The van der Waals surface area contributed by atoms with E-state index < -0.39 is 11.6 Å². The molecule has 1 aromatic carbocycles.